The molecule has 1 N–H and O–H groups in total. The lowest BCUT2D eigenvalue weighted by molar-refractivity contribution is -0.121. The zero-order valence-corrected chi connectivity index (χ0v) is 19.6. The van der Waals surface area contributed by atoms with E-state index in [4.69, 9.17) is 23.2 Å². The predicted octanol–water partition coefficient (Wildman–Crippen LogP) is 5.52. The van der Waals surface area contributed by atoms with Crippen molar-refractivity contribution in [1.29, 1.82) is 0 Å². The molecular formula is C24H23Cl2N5O. The Hall–Kier alpha value is -2.96. The fourth-order valence-corrected chi connectivity index (χ4v) is 4.23. The Bertz CT molecular complexity index is 1290. The molecule has 0 saturated heterocycles. The summed E-state index contributed by atoms with van der Waals surface area (Å²) in [5, 5.41) is 8.69. The quantitative estimate of drug-likeness (QED) is 0.404. The van der Waals surface area contributed by atoms with E-state index < -0.39 is 0 Å². The molecule has 32 heavy (non-hydrogen) atoms. The molecule has 0 bridgehead atoms. The van der Waals surface area contributed by atoms with Crippen LogP contribution in [0, 0.1) is 13.8 Å². The fraction of sp³-hybridized carbons (Fsp3) is 0.250. The minimum absolute atomic E-state index is 0.00697. The van der Waals surface area contributed by atoms with Crippen molar-refractivity contribution in [2.24, 2.45) is 0 Å². The Kier molecular flexibility index (Phi) is 6.44. The molecule has 4 aromatic rings. The number of carbonyl (C=O) groups excluding carboxylic acids is 1. The molecule has 1 amide bonds. The number of aryl methyl sites for hydroxylation is 2. The zero-order valence-electron chi connectivity index (χ0n) is 18.1. The van der Waals surface area contributed by atoms with Gasteiger partial charge in [-0.05, 0) is 56.5 Å². The van der Waals surface area contributed by atoms with E-state index in [1.165, 1.54) is 0 Å². The highest BCUT2D eigenvalue weighted by Crippen LogP contribution is 2.29. The first kappa shape index (κ1) is 22.2. The molecule has 0 saturated carbocycles. The number of fused-ring (bicyclic) bond motifs is 1. The first-order valence-corrected chi connectivity index (χ1v) is 11.1. The number of carbonyl (C=O) groups is 1. The Balaban J connectivity index is 1.53. The minimum Gasteiger partial charge on any atom is -0.350 e. The van der Waals surface area contributed by atoms with Crippen LogP contribution >= 0.6 is 23.2 Å². The molecule has 2 aromatic heterocycles. The zero-order chi connectivity index (χ0) is 22.8. The first-order valence-electron chi connectivity index (χ1n) is 10.4. The van der Waals surface area contributed by atoms with Gasteiger partial charge in [0.1, 0.15) is 0 Å². The summed E-state index contributed by atoms with van der Waals surface area (Å²) < 4.78 is 1.70. The molecule has 0 fully saturated rings. The van der Waals surface area contributed by atoms with Crippen molar-refractivity contribution in [3.05, 3.63) is 81.1 Å². The monoisotopic (exact) mass is 467 g/mol. The molecule has 0 aliphatic rings. The summed E-state index contributed by atoms with van der Waals surface area (Å²) in [5.74, 6) is 0.965. The number of hydrogen-bond acceptors (Lipinski definition) is 4. The van der Waals surface area contributed by atoms with E-state index >= 15 is 0 Å². The number of amides is 1. The summed E-state index contributed by atoms with van der Waals surface area (Å²) in [7, 11) is 0. The Morgan fingerprint density at radius 1 is 1.09 bits per heavy atom. The highest BCUT2D eigenvalue weighted by atomic mass is 35.5. The van der Waals surface area contributed by atoms with Crippen molar-refractivity contribution in [2.75, 3.05) is 0 Å². The van der Waals surface area contributed by atoms with Gasteiger partial charge in [0.15, 0.2) is 5.82 Å². The SMILES string of the molecule is Cc1nc2nc(-c3ccc(Cl)cc3Cl)nn2c(C)c1CCC(=O)N[C@@H](C)c1ccccc1. The molecule has 1 atom stereocenters. The van der Waals surface area contributed by atoms with Crippen molar-refractivity contribution in [3.8, 4) is 11.4 Å². The lowest BCUT2D eigenvalue weighted by atomic mass is 10.1. The summed E-state index contributed by atoms with van der Waals surface area (Å²) in [6.07, 6.45) is 0.918. The summed E-state index contributed by atoms with van der Waals surface area (Å²) in [6, 6.07) is 15.1. The number of aromatic nitrogens is 4. The Morgan fingerprint density at radius 2 is 1.84 bits per heavy atom. The van der Waals surface area contributed by atoms with E-state index in [1.807, 2.05) is 51.1 Å². The Labute approximate surface area is 196 Å². The number of hydrogen-bond donors (Lipinski definition) is 1. The summed E-state index contributed by atoms with van der Waals surface area (Å²) in [6.45, 7) is 5.87. The normalized spacial score (nSPS) is 12.2. The van der Waals surface area contributed by atoms with Crippen LogP contribution < -0.4 is 5.32 Å². The van der Waals surface area contributed by atoms with Crippen molar-refractivity contribution in [2.45, 2.75) is 39.7 Å². The molecule has 0 spiro atoms. The van der Waals surface area contributed by atoms with Gasteiger partial charge in [0.05, 0.1) is 11.1 Å². The third-order valence-corrected chi connectivity index (χ3v) is 6.05. The minimum atomic E-state index is -0.0477. The van der Waals surface area contributed by atoms with Crippen molar-refractivity contribution < 1.29 is 4.79 Å². The number of nitrogens with zero attached hydrogens (tertiary/aromatic N) is 4. The van der Waals surface area contributed by atoms with Crippen molar-refractivity contribution >= 4 is 34.9 Å². The first-order chi connectivity index (χ1) is 15.3. The molecule has 2 heterocycles. The van der Waals surface area contributed by atoms with Crippen LogP contribution in [-0.2, 0) is 11.2 Å². The molecule has 0 unspecified atom stereocenters. The van der Waals surface area contributed by atoms with E-state index in [0.717, 1.165) is 22.5 Å². The molecule has 164 valence electrons. The number of rotatable bonds is 6. The van der Waals surface area contributed by atoms with Gasteiger partial charge in [-0.1, -0.05) is 53.5 Å². The summed E-state index contributed by atoms with van der Waals surface area (Å²) in [5.41, 5.74) is 4.49. The standard InChI is InChI=1S/C24H23Cl2N5O/c1-14(17-7-5-4-6-8-17)27-22(32)12-11-19-15(2)28-24-29-23(30-31(24)16(19)3)20-10-9-18(25)13-21(20)26/h4-10,13-14H,11-12H2,1-3H3,(H,27,32)/t14-/m0/s1. The lowest BCUT2D eigenvalue weighted by Gasteiger charge is -2.15. The highest BCUT2D eigenvalue weighted by Gasteiger charge is 2.17. The van der Waals surface area contributed by atoms with Crippen LogP contribution in [0.2, 0.25) is 10.0 Å². The largest absolute Gasteiger partial charge is 0.350 e. The third-order valence-electron chi connectivity index (χ3n) is 5.50. The summed E-state index contributed by atoms with van der Waals surface area (Å²) >= 11 is 12.3. The second-order valence-corrected chi connectivity index (χ2v) is 8.58. The third kappa shape index (κ3) is 4.61. The van der Waals surface area contributed by atoms with Crippen LogP contribution in [0.3, 0.4) is 0 Å². The van der Waals surface area contributed by atoms with Gasteiger partial charge < -0.3 is 5.32 Å². The maximum atomic E-state index is 12.5. The molecule has 6 nitrogen and oxygen atoms in total. The van der Waals surface area contributed by atoms with Crippen LogP contribution in [0.1, 0.15) is 41.9 Å². The van der Waals surface area contributed by atoms with E-state index in [1.54, 1.807) is 22.7 Å². The topological polar surface area (TPSA) is 72.2 Å². The van der Waals surface area contributed by atoms with Gasteiger partial charge in [-0.3, -0.25) is 4.79 Å². The molecule has 4 rings (SSSR count). The smallest absolute Gasteiger partial charge is 0.253 e. The maximum absolute atomic E-state index is 12.5. The van der Waals surface area contributed by atoms with Crippen LogP contribution in [0.15, 0.2) is 48.5 Å². The van der Waals surface area contributed by atoms with Gasteiger partial charge >= 0.3 is 0 Å². The average Bonchev–Trinajstić information content (AvgIpc) is 3.18. The lowest BCUT2D eigenvalue weighted by Crippen LogP contribution is -2.27. The molecule has 0 aliphatic heterocycles. The number of halogens is 2. The van der Waals surface area contributed by atoms with E-state index in [2.05, 4.69) is 20.4 Å². The van der Waals surface area contributed by atoms with Gasteiger partial charge in [-0.25, -0.2) is 9.50 Å². The highest BCUT2D eigenvalue weighted by molar-refractivity contribution is 6.36. The van der Waals surface area contributed by atoms with Gasteiger partial charge in [0.2, 0.25) is 5.91 Å². The maximum Gasteiger partial charge on any atom is 0.253 e. The van der Waals surface area contributed by atoms with Crippen molar-refractivity contribution in [3.63, 3.8) is 0 Å². The van der Waals surface area contributed by atoms with Gasteiger partial charge in [-0.2, -0.15) is 4.98 Å². The van der Waals surface area contributed by atoms with Crippen LogP contribution in [-0.4, -0.2) is 25.5 Å². The van der Waals surface area contributed by atoms with E-state index in [9.17, 15) is 4.79 Å². The second kappa shape index (κ2) is 9.27. The number of benzene rings is 2. The van der Waals surface area contributed by atoms with Crippen LogP contribution in [0.5, 0.6) is 0 Å². The van der Waals surface area contributed by atoms with Gasteiger partial charge in [0.25, 0.3) is 5.78 Å². The molecule has 0 radical (unpaired) electrons. The molecular weight excluding hydrogens is 445 g/mol. The van der Waals surface area contributed by atoms with Crippen LogP contribution in [0.4, 0.5) is 0 Å². The van der Waals surface area contributed by atoms with Crippen LogP contribution in [0.25, 0.3) is 17.2 Å². The second-order valence-electron chi connectivity index (χ2n) is 7.73. The fourth-order valence-electron chi connectivity index (χ4n) is 3.73. The molecule has 0 aliphatic carbocycles. The van der Waals surface area contributed by atoms with Crippen molar-refractivity contribution in [1.82, 2.24) is 24.9 Å². The molecule has 8 heteroatoms. The Morgan fingerprint density at radius 3 is 2.56 bits per heavy atom. The van der Waals surface area contributed by atoms with Gasteiger partial charge in [-0.15, -0.1) is 5.10 Å². The predicted molar refractivity (Wildman–Crippen MR) is 127 cm³/mol. The average molecular weight is 468 g/mol. The van der Waals surface area contributed by atoms with Gasteiger partial charge in [0, 0.05) is 28.4 Å². The van der Waals surface area contributed by atoms with E-state index in [-0.39, 0.29) is 11.9 Å². The van der Waals surface area contributed by atoms with E-state index in [0.29, 0.717) is 40.1 Å². The summed E-state index contributed by atoms with van der Waals surface area (Å²) in [4.78, 5) is 21.7. The number of nitrogens with one attached hydrogen (secondary N) is 1. The molecule has 2 aromatic carbocycles.